The van der Waals surface area contributed by atoms with E-state index in [0.29, 0.717) is 0 Å². The summed E-state index contributed by atoms with van der Waals surface area (Å²) < 4.78 is 15.7. The first-order valence-corrected chi connectivity index (χ1v) is 18.3. The van der Waals surface area contributed by atoms with Gasteiger partial charge in [0, 0.05) is 59.8 Å². The fraction of sp³-hybridized carbons (Fsp3) is 0.0889. The number of amidine groups is 1. The standard InChI is InChI=1S/C45H31N3O2S/c1-2-11-26(12-3-1)43-46-44(33-17-10-22-39-41(33)32-14-5-7-21-38(32)51-39)48-45(47-43)34-18-8-16-30-29-24-23-27(25-37(29)50-42(30)34)28-15-9-20-36-40(28)31-13-4-6-19-35(31)49-36/h1-24,27,43-44,46H,25H2,(H,47,48). The lowest BCUT2D eigenvalue weighted by Crippen LogP contribution is -2.45. The fourth-order valence-electron chi connectivity index (χ4n) is 8.21. The van der Waals surface area contributed by atoms with Gasteiger partial charge in [0.2, 0.25) is 0 Å². The molecule has 6 heteroatoms. The molecule has 2 aliphatic rings. The Hall–Kier alpha value is -5.95. The number of para-hydroxylation sites is 2. The minimum atomic E-state index is -0.275. The molecule has 3 unspecified atom stereocenters. The molecule has 0 bridgehead atoms. The van der Waals surface area contributed by atoms with Crippen molar-refractivity contribution in [2.24, 2.45) is 4.99 Å². The van der Waals surface area contributed by atoms with Crippen LogP contribution in [0.25, 0.3) is 59.2 Å². The van der Waals surface area contributed by atoms with Crippen LogP contribution in [0.5, 0.6) is 0 Å². The van der Waals surface area contributed by atoms with Gasteiger partial charge in [-0.2, -0.15) is 0 Å². The van der Waals surface area contributed by atoms with Crippen LogP contribution in [0.2, 0.25) is 0 Å². The monoisotopic (exact) mass is 677 g/mol. The van der Waals surface area contributed by atoms with Gasteiger partial charge < -0.3 is 14.2 Å². The van der Waals surface area contributed by atoms with Crippen LogP contribution in [-0.4, -0.2) is 5.84 Å². The third kappa shape index (κ3) is 4.54. The third-order valence-electron chi connectivity index (χ3n) is 10.5. The number of fused-ring (bicyclic) bond motifs is 9. The van der Waals surface area contributed by atoms with Gasteiger partial charge in [-0.1, -0.05) is 115 Å². The van der Waals surface area contributed by atoms with Crippen LogP contribution >= 0.6 is 11.3 Å². The van der Waals surface area contributed by atoms with E-state index in [0.717, 1.165) is 62.2 Å². The minimum Gasteiger partial charge on any atom is -0.460 e. The van der Waals surface area contributed by atoms with Gasteiger partial charge in [-0.05, 0) is 41.5 Å². The number of benzene rings is 6. The van der Waals surface area contributed by atoms with Crippen molar-refractivity contribution in [3.05, 3.63) is 173 Å². The van der Waals surface area contributed by atoms with Gasteiger partial charge in [0.05, 0.1) is 5.56 Å². The molecule has 0 saturated heterocycles. The van der Waals surface area contributed by atoms with Crippen LogP contribution in [0.3, 0.4) is 0 Å². The zero-order valence-electron chi connectivity index (χ0n) is 27.5. The number of allylic oxidation sites excluding steroid dienone is 1. The van der Waals surface area contributed by atoms with Crippen LogP contribution < -0.4 is 10.6 Å². The summed E-state index contributed by atoms with van der Waals surface area (Å²) in [5.41, 5.74) is 8.38. The van der Waals surface area contributed by atoms with Crippen molar-refractivity contribution in [2.45, 2.75) is 24.7 Å². The lowest BCUT2D eigenvalue weighted by atomic mass is 9.86. The van der Waals surface area contributed by atoms with Crippen molar-refractivity contribution in [3.63, 3.8) is 0 Å². The molecule has 9 aromatic rings. The summed E-state index contributed by atoms with van der Waals surface area (Å²) in [4.78, 5) is 5.42. The molecule has 244 valence electrons. The highest BCUT2D eigenvalue weighted by atomic mass is 32.1. The number of nitrogens with one attached hydrogen (secondary N) is 2. The van der Waals surface area contributed by atoms with Gasteiger partial charge >= 0.3 is 0 Å². The highest BCUT2D eigenvalue weighted by molar-refractivity contribution is 7.25. The molecule has 0 spiro atoms. The van der Waals surface area contributed by atoms with Gasteiger partial charge in [0.15, 0.2) is 0 Å². The number of nitrogens with zero attached hydrogens (tertiary/aromatic N) is 1. The Morgan fingerprint density at radius 1 is 0.627 bits per heavy atom. The molecule has 0 fully saturated rings. The molecule has 0 radical (unpaired) electrons. The second-order valence-electron chi connectivity index (χ2n) is 13.5. The van der Waals surface area contributed by atoms with Crippen molar-refractivity contribution in [1.82, 2.24) is 10.6 Å². The maximum atomic E-state index is 6.89. The summed E-state index contributed by atoms with van der Waals surface area (Å²) in [6.07, 6.45) is 4.91. The van der Waals surface area contributed by atoms with Gasteiger partial charge in [-0.25, -0.2) is 4.99 Å². The van der Waals surface area contributed by atoms with Gasteiger partial charge in [0.25, 0.3) is 0 Å². The summed E-state index contributed by atoms with van der Waals surface area (Å²) >= 11 is 1.83. The summed E-state index contributed by atoms with van der Waals surface area (Å²) in [5.74, 6) is 1.97. The van der Waals surface area contributed by atoms with Crippen LogP contribution in [0.4, 0.5) is 0 Å². The Bertz CT molecular complexity index is 2880. The molecule has 5 nitrogen and oxygen atoms in total. The van der Waals surface area contributed by atoms with Crippen molar-refractivity contribution in [1.29, 1.82) is 0 Å². The molecular weight excluding hydrogens is 647 g/mol. The topological polar surface area (TPSA) is 62.7 Å². The molecule has 0 saturated carbocycles. The van der Waals surface area contributed by atoms with E-state index in [1.807, 2.05) is 23.5 Å². The molecule has 51 heavy (non-hydrogen) atoms. The smallest absolute Gasteiger partial charge is 0.145 e. The largest absolute Gasteiger partial charge is 0.460 e. The van der Waals surface area contributed by atoms with Crippen molar-refractivity contribution >= 4 is 76.3 Å². The number of aliphatic imine (C=N–C) groups is 1. The lowest BCUT2D eigenvalue weighted by Gasteiger charge is -2.32. The molecule has 3 atom stereocenters. The Kier molecular flexibility index (Phi) is 6.38. The van der Waals surface area contributed by atoms with Crippen LogP contribution in [-0.2, 0) is 6.42 Å². The van der Waals surface area contributed by atoms with E-state index >= 15 is 0 Å². The predicted octanol–water partition coefficient (Wildman–Crippen LogP) is 11.4. The zero-order chi connectivity index (χ0) is 33.5. The van der Waals surface area contributed by atoms with Crippen LogP contribution in [0.1, 0.15) is 51.8 Å². The van der Waals surface area contributed by atoms with Crippen molar-refractivity contribution < 1.29 is 8.83 Å². The molecule has 0 amide bonds. The summed E-state index contributed by atoms with van der Waals surface area (Å²) in [5, 5.41) is 13.6. The number of rotatable bonds is 4. The Morgan fingerprint density at radius 3 is 2.31 bits per heavy atom. The molecule has 6 aromatic carbocycles. The Morgan fingerprint density at radius 2 is 1.37 bits per heavy atom. The molecule has 2 N–H and O–H groups in total. The van der Waals surface area contributed by atoms with Crippen molar-refractivity contribution in [3.8, 4) is 0 Å². The number of furan rings is 2. The fourth-order valence-corrected chi connectivity index (χ4v) is 9.35. The lowest BCUT2D eigenvalue weighted by molar-refractivity contribution is 0.410. The number of thiophene rings is 1. The first-order valence-electron chi connectivity index (χ1n) is 17.5. The molecule has 1 aliphatic carbocycles. The SMILES string of the molecule is C1=CC(c2cccc3oc4ccccc4c23)Cc2oc3c(C4=NC(c5cccc6sc7ccccc7c56)NC(c5ccccc5)N4)cccc3c21. The highest BCUT2D eigenvalue weighted by Crippen LogP contribution is 2.43. The second-order valence-corrected chi connectivity index (χ2v) is 14.5. The van der Waals surface area contributed by atoms with E-state index < -0.39 is 0 Å². The second kappa shape index (κ2) is 11.3. The quantitative estimate of drug-likeness (QED) is 0.195. The maximum Gasteiger partial charge on any atom is 0.145 e. The van der Waals surface area contributed by atoms with Gasteiger partial charge in [-0.15, -0.1) is 11.3 Å². The summed E-state index contributed by atoms with van der Waals surface area (Å²) in [6, 6.07) is 46.9. The summed E-state index contributed by atoms with van der Waals surface area (Å²) in [7, 11) is 0. The Labute approximate surface area is 297 Å². The van der Waals surface area contributed by atoms with Crippen LogP contribution in [0, 0.1) is 0 Å². The van der Waals surface area contributed by atoms with Crippen molar-refractivity contribution in [2.75, 3.05) is 0 Å². The molecular formula is C45H31N3O2S. The normalized spacial score (nSPS) is 18.8. The molecule has 1 aliphatic heterocycles. The number of hydrogen-bond donors (Lipinski definition) is 2. The third-order valence-corrected chi connectivity index (χ3v) is 11.7. The van der Waals surface area contributed by atoms with E-state index in [1.54, 1.807) is 0 Å². The van der Waals surface area contributed by atoms with Crippen LogP contribution in [0.15, 0.2) is 153 Å². The summed E-state index contributed by atoms with van der Waals surface area (Å²) in [6.45, 7) is 0. The zero-order valence-corrected chi connectivity index (χ0v) is 28.3. The van der Waals surface area contributed by atoms with E-state index in [9.17, 15) is 0 Å². The molecule has 11 rings (SSSR count). The highest BCUT2D eigenvalue weighted by Gasteiger charge is 2.30. The maximum absolute atomic E-state index is 6.89. The van der Waals surface area contributed by atoms with E-state index in [1.165, 1.54) is 36.7 Å². The van der Waals surface area contributed by atoms with E-state index in [2.05, 4.69) is 144 Å². The molecule has 3 aromatic heterocycles. The molecule has 4 heterocycles. The first kappa shape index (κ1) is 28.8. The van der Waals surface area contributed by atoms with E-state index in [-0.39, 0.29) is 18.2 Å². The van der Waals surface area contributed by atoms with Gasteiger partial charge in [0.1, 0.15) is 40.7 Å². The van der Waals surface area contributed by atoms with Gasteiger partial charge in [-0.3, -0.25) is 5.32 Å². The van der Waals surface area contributed by atoms with E-state index in [4.69, 9.17) is 13.8 Å². The average molecular weight is 678 g/mol. The minimum absolute atomic E-state index is 0.154. The number of hydrogen-bond acceptors (Lipinski definition) is 6. The first-order chi connectivity index (χ1) is 25.3. The predicted molar refractivity (Wildman–Crippen MR) is 209 cm³/mol. The average Bonchev–Trinajstić information content (AvgIpc) is 3.89. The Balaban J connectivity index is 1.03.